The molecule has 2 heterocycles. The van der Waals surface area contributed by atoms with Gasteiger partial charge in [-0.3, -0.25) is 4.79 Å². The van der Waals surface area contributed by atoms with Gasteiger partial charge in [0.2, 0.25) is 0 Å². The summed E-state index contributed by atoms with van der Waals surface area (Å²) < 4.78 is 3.69. The lowest BCUT2D eigenvalue weighted by Crippen LogP contribution is -2.26. The molecule has 1 atom stereocenters. The van der Waals surface area contributed by atoms with Gasteiger partial charge in [0, 0.05) is 23.6 Å². The number of hydrogen-bond acceptors (Lipinski definition) is 3. The first-order valence-electron chi connectivity index (χ1n) is 8.70. The van der Waals surface area contributed by atoms with Crippen LogP contribution in [0.4, 0.5) is 0 Å². The summed E-state index contributed by atoms with van der Waals surface area (Å²) in [5.41, 5.74) is 3.61. The van der Waals surface area contributed by atoms with Gasteiger partial charge >= 0.3 is 0 Å². The highest BCUT2D eigenvalue weighted by Gasteiger charge is 2.12. The van der Waals surface area contributed by atoms with Crippen LogP contribution in [0.1, 0.15) is 28.9 Å². The van der Waals surface area contributed by atoms with Crippen LogP contribution >= 0.6 is 0 Å². The number of carbonyl (C=O) groups is 1. The van der Waals surface area contributed by atoms with E-state index in [1.807, 2.05) is 84.5 Å². The summed E-state index contributed by atoms with van der Waals surface area (Å²) in [5, 5.41) is 7.15. The number of rotatable bonds is 5. The number of benzene rings is 2. The van der Waals surface area contributed by atoms with E-state index in [2.05, 4.69) is 15.4 Å². The van der Waals surface area contributed by atoms with E-state index in [9.17, 15) is 4.79 Å². The minimum absolute atomic E-state index is 0.0955. The van der Waals surface area contributed by atoms with Crippen LogP contribution in [-0.4, -0.2) is 25.2 Å². The molecule has 0 saturated heterocycles. The molecule has 4 aromatic rings. The Hall–Kier alpha value is -3.67. The third-order valence-corrected chi connectivity index (χ3v) is 4.46. The second kappa shape index (κ2) is 7.29. The van der Waals surface area contributed by atoms with Crippen molar-refractivity contribution in [3.63, 3.8) is 0 Å². The topological polar surface area (TPSA) is 64.7 Å². The summed E-state index contributed by atoms with van der Waals surface area (Å²) in [6.07, 6.45) is 7.09. The van der Waals surface area contributed by atoms with Gasteiger partial charge in [-0.25, -0.2) is 9.67 Å². The first-order valence-corrected chi connectivity index (χ1v) is 8.70. The van der Waals surface area contributed by atoms with E-state index in [1.54, 1.807) is 11.0 Å². The number of hydrogen-bond donors (Lipinski definition) is 1. The Morgan fingerprint density at radius 2 is 1.63 bits per heavy atom. The summed E-state index contributed by atoms with van der Waals surface area (Å²) >= 11 is 0. The lowest BCUT2D eigenvalue weighted by molar-refractivity contribution is 0.0940. The van der Waals surface area contributed by atoms with E-state index in [1.165, 1.54) is 6.33 Å². The molecule has 6 heteroatoms. The Kier molecular flexibility index (Phi) is 4.53. The summed E-state index contributed by atoms with van der Waals surface area (Å²) in [6, 6.07) is 19.3. The van der Waals surface area contributed by atoms with Crippen LogP contribution in [-0.2, 0) is 0 Å². The molecule has 0 aliphatic heterocycles. The van der Waals surface area contributed by atoms with Gasteiger partial charge in [-0.15, -0.1) is 0 Å². The number of nitrogens with zero attached hydrogens (tertiary/aromatic N) is 4. The summed E-state index contributed by atoms with van der Waals surface area (Å²) in [7, 11) is 0. The zero-order valence-electron chi connectivity index (χ0n) is 14.9. The molecule has 0 aliphatic carbocycles. The fourth-order valence-corrected chi connectivity index (χ4v) is 2.91. The molecule has 27 heavy (non-hydrogen) atoms. The van der Waals surface area contributed by atoms with Crippen molar-refractivity contribution in [2.24, 2.45) is 0 Å². The third-order valence-electron chi connectivity index (χ3n) is 4.46. The Bertz CT molecular complexity index is 1000. The van der Waals surface area contributed by atoms with E-state index in [0.717, 1.165) is 16.9 Å². The number of nitrogens with one attached hydrogen (secondary N) is 1. The molecule has 1 amide bonds. The second-order valence-corrected chi connectivity index (χ2v) is 6.26. The van der Waals surface area contributed by atoms with E-state index in [-0.39, 0.29) is 11.9 Å². The maximum absolute atomic E-state index is 12.5. The molecule has 134 valence electrons. The predicted octanol–water partition coefficient (Wildman–Crippen LogP) is 3.55. The minimum atomic E-state index is -0.105. The molecule has 0 unspecified atom stereocenters. The van der Waals surface area contributed by atoms with Crippen LogP contribution < -0.4 is 5.32 Å². The maximum atomic E-state index is 12.5. The molecular weight excluding hydrogens is 338 g/mol. The fraction of sp³-hybridized carbons (Fsp3) is 0.0952. The van der Waals surface area contributed by atoms with E-state index >= 15 is 0 Å². The summed E-state index contributed by atoms with van der Waals surface area (Å²) in [5.74, 6) is -0.0955. The van der Waals surface area contributed by atoms with Gasteiger partial charge in [0.25, 0.3) is 5.91 Å². The molecule has 6 nitrogen and oxygen atoms in total. The van der Waals surface area contributed by atoms with E-state index in [4.69, 9.17) is 0 Å². The van der Waals surface area contributed by atoms with Crippen molar-refractivity contribution in [1.82, 2.24) is 24.6 Å². The molecule has 0 fully saturated rings. The van der Waals surface area contributed by atoms with Crippen molar-refractivity contribution in [1.29, 1.82) is 0 Å². The van der Waals surface area contributed by atoms with Gasteiger partial charge < -0.3 is 9.88 Å². The van der Waals surface area contributed by atoms with Crippen LogP contribution in [0.5, 0.6) is 0 Å². The van der Waals surface area contributed by atoms with Gasteiger partial charge in [0.15, 0.2) is 0 Å². The average molecular weight is 357 g/mol. The average Bonchev–Trinajstić information content (AvgIpc) is 3.42. The molecule has 0 bridgehead atoms. The van der Waals surface area contributed by atoms with Gasteiger partial charge in [0.05, 0.1) is 11.7 Å². The largest absolute Gasteiger partial charge is 0.346 e. The van der Waals surface area contributed by atoms with Crippen LogP contribution in [0.25, 0.3) is 11.4 Å². The Labute approximate surface area is 157 Å². The quantitative estimate of drug-likeness (QED) is 0.594. The molecule has 0 radical (unpaired) electrons. The van der Waals surface area contributed by atoms with Gasteiger partial charge in [-0.2, -0.15) is 5.10 Å². The molecule has 2 aromatic heterocycles. The Balaban J connectivity index is 1.43. The normalized spacial score (nSPS) is 11.9. The monoisotopic (exact) mass is 357 g/mol. The maximum Gasteiger partial charge on any atom is 0.251 e. The van der Waals surface area contributed by atoms with Gasteiger partial charge in [-0.1, -0.05) is 12.1 Å². The smallest absolute Gasteiger partial charge is 0.251 e. The number of carbonyl (C=O) groups excluding carboxylic acids is 1. The SMILES string of the molecule is C[C@H](NC(=O)c1ccc(-n2cccc2)cc1)c1ccc(-n2cncn2)cc1. The van der Waals surface area contributed by atoms with Crippen molar-refractivity contribution < 1.29 is 4.79 Å². The van der Waals surface area contributed by atoms with Crippen molar-refractivity contribution in [2.45, 2.75) is 13.0 Å². The van der Waals surface area contributed by atoms with Crippen LogP contribution in [0.2, 0.25) is 0 Å². The highest BCUT2D eigenvalue weighted by atomic mass is 16.1. The van der Waals surface area contributed by atoms with Crippen molar-refractivity contribution >= 4 is 5.91 Å². The van der Waals surface area contributed by atoms with Gasteiger partial charge in [0.1, 0.15) is 12.7 Å². The standard InChI is InChI=1S/C21H19N5O/c1-16(17-4-10-20(11-5-17)26-15-22-14-23-26)24-21(27)18-6-8-19(9-7-18)25-12-2-3-13-25/h2-16H,1H3,(H,24,27)/t16-/m0/s1. The second-order valence-electron chi connectivity index (χ2n) is 6.26. The molecule has 4 rings (SSSR count). The summed E-state index contributed by atoms with van der Waals surface area (Å²) in [6.45, 7) is 1.97. The Morgan fingerprint density at radius 3 is 2.26 bits per heavy atom. The molecule has 0 spiro atoms. The van der Waals surface area contributed by atoms with E-state index in [0.29, 0.717) is 5.56 Å². The van der Waals surface area contributed by atoms with Crippen molar-refractivity contribution in [2.75, 3.05) is 0 Å². The predicted molar refractivity (Wildman–Crippen MR) is 103 cm³/mol. The zero-order chi connectivity index (χ0) is 18.6. The van der Waals surface area contributed by atoms with Crippen molar-refractivity contribution in [3.8, 4) is 11.4 Å². The molecule has 0 aliphatic rings. The molecule has 1 N–H and O–H groups in total. The lowest BCUT2D eigenvalue weighted by Gasteiger charge is -2.15. The first kappa shape index (κ1) is 16.8. The van der Waals surface area contributed by atoms with E-state index < -0.39 is 0 Å². The van der Waals surface area contributed by atoms with Crippen LogP contribution in [0.3, 0.4) is 0 Å². The highest BCUT2D eigenvalue weighted by Crippen LogP contribution is 2.16. The third kappa shape index (κ3) is 3.64. The molecule has 2 aromatic carbocycles. The summed E-state index contributed by atoms with van der Waals surface area (Å²) in [4.78, 5) is 16.5. The first-order chi connectivity index (χ1) is 13.2. The Morgan fingerprint density at radius 1 is 0.963 bits per heavy atom. The lowest BCUT2D eigenvalue weighted by atomic mass is 10.1. The van der Waals surface area contributed by atoms with Crippen molar-refractivity contribution in [3.05, 3.63) is 96.8 Å². The number of aromatic nitrogens is 4. The highest BCUT2D eigenvalue weighted by molar-refractivity contribution is 5.94. The molecular formula is C21H19N5O. The minimum Gasteiger partial charge on any atom is -0.346 e. The molecule has 0 saturated carbocycles. The van der Waals surface area contributed by atoms with Crippen LogP contribution in [0.15, 0.2) is 85.7 Å². The van der Waals surface area contributed by atoms with Crippen LogP contribution in [0, 0.1) is 0 Å². The fourth-order valence-electron chi connectivity index (χ4n) is 2.91. The van der Waals surface area contributed by atoms with Gasteiger partial charge in [-0.05, 0) is 61.0 Å². The zero-order valence-corrected chi connectivity index (χ0v) is 14.9. The number of amides is 1.